The van der Waals surface area contributed by atoms with Gasteiger partial charge in [-0.25, -0.2) is 4.98 Å². The largest absolute Gasteiger partial charge is 0.396 e. The summed E-state index contributed by atoms with van der Waals surface area (Å²) in [5.74, 6) is 1.25. The molecule has 4 nitrogen and oxygen atoms in total. The quantitative estimate of drug-likeness (QED) is 0.641. The van der Waals surface area contributed by atoms with Gasteiger partial charge in [-0.1, -0.05) is 31.7 Å². The monoisotopic (exact) mass is 381 g/mol. The van der Waals surface area contributed by atoms with E-state index in [1.54, 1.807) is 11.8 Å². The molecular formula is C22H27N3OS. The molecule has 0 saturated carbocycles. The Morgan fingerprint density at radius 2 is 1.74 bits per heavy atom. The molecule has 0 amide bonds. The highest BCUT2D eigenvalue weighted by atomic mass is 32.2. The highest BCUT2D eigenvalue weighted by Gasteiger charge is 2.20. The van der Waals surface area contributed by atoms with Crippen molar-refractivity contribution in [3.8, 4) is 0 Å². The molecule has 3 aromatic rings. The summed E-state index contributed by atoms with van der Waals surface area (Å²) in [5.41, 5.74) is 4.80. The van der Waals surface area contributed by atoms with Crippen molar-refractivity contribution >= 4 is 11.8 Å². The van der Waals surface area contributed by atoms with Crippen LogP contribution in [0.4, 0.5) is 0 Å². The van der Waals surface area contributed by atoms with Crippen LogP contribution in [0.1, 0.15) is 48.0 Å². The van der Waals surface area contributed by atoms with Crippen molar-refractivity contribution in [1.82, 2.24) is 14.5 Å². The zero-order chi connectivity index (χ0) is 19.4. The predicted octanol–water partition coefficient (Wildman–Crippen LogP) is 4.75. The smallest absolute Gasteiger partial charge is 0.112 e. The van der Waals surface area contributed by atoms with Gasteiger partial charge in [-0.2, -0.15) is 0 Å². The third-order valence-electron chi connectivity index (χ3n) is 4.41. The maximum atomic E-state index is 9.54. The number of hydrogen-bond donors (Lipinski definition) is 1. The first-order chi connectivity index (χ1) is 13.0. The number of rotatable bonds is 7. The van der Waals surface area contributed by atoms with Crippen molar-refractivity contribution in [2.45, 2.75) is 56.5 Å². The molecule has 0 aliphatic rings. The first-order valence-corrected chi connectivity index (χ1v) is 10.1. The lowest BCUT2D eigenvalue weighted by Gasteiger charge is -2.14. The van der Waals surface area contributed by atoms with Gasteiger partial charge >= 0.3 is 0 Å². The number of pyridine rings is 1. The molecule has 27 heavy (non-hydrogen) atoms. The molecule has 0 unspecified atom stereocenters. The lowest BCUT2D eigenvalue weighted by atomic mass is 10.1. The average molecular weight is 382 g/mol. The number of benzene rings is 1. The Labute approximate surface area is 165 Å². The van der Waals surface area contributed by atoms with E-state index < -0.39 is 0 Å². The summed E-state index contributed by atoms with van der Waals surface area (Å²) in [6, 6.07) is 10.7. The fourth-order valence-corrected chi connectivity index (χ4v) is 4.59. The highest BCUT2D eigenvalue weighted by Crippen LogP contribution is 2.36. The number of aliphatic hydroxyl groups is 1. The molecule has 0 bridgehead atoms. The third-order valence-corrected chi connectivity index (χ3v) is 5.50. The van der Waals surface area contributed by atoms with Crippen LogP contribution in [0.15, 0.2) is 52.6 Å². The molecule has 0 aliphatic heterocycles. The molecule has 1 aromatic carbocycles. The van der Waals surface area contributed by atoms with Crippen molar-refractivity contribution in [2.75, 3.05) is 6.61 Å². The van der Waals surface area contributed by atoms with E-state index in [1.807, 2.05) is 24.5 Å². The van der Waals surface area contributed by atoms with E-state index in [1.165, 1.54) is 21.6 Å². The second-order valence-corrected chi connectivity index (χ2v) is 8.28. The first-order valence-electron chi connectivity index (χ1n) is 9.33. The van der Waals surface area contributed by atoms with Crippen LogP contribution < -0.4 is 0 Å². The van der Waals surface area contributed by atoms with E-state index in [0.29, 0.717) is 12.3 Å². The minimum absolute atomic E-state index is 0.0958. The summed E-state index contributed by atoms with van der Waals surface area (Å²) < 4.78 is 2.25. The average Bonchev–Trinajstić information content (AvgIpc) is 2.93. The molecule has 2 aromatic heterocycles. The minimum Gasteiger partial charge on any atom is -0.396 e. The molecule has 5 heteroatoms. The first kappa shape index (κ1) is 19.6. The molecule has 1 N–H and O–H groups in total. The second-order valence-electron chi connectivity index (χ2n) is 7.21. The molecule has 3 rings (SSSR count). The van der Waals surface area contributed by atoms with Gasteiger partial charge in [0.2, 0.25) is 0 Å². The van der Waals surface area contributed by atoms with Crippen LogP contribution in [-0.4, -0.2) is 26.2 Å². The molecule has 0 fully saturated rings. The molecule has 2 heterocycles. The number of aliphatic hydroxyl groups excluding tert-OH is 1. The van der Waals surface area contributed by atoms with Gasteiger partial charge in [0.25, 0.3) is 0 Å². The Hall–Kier alpha value is -2.11. The Morgan fingerprint density at radius 1 is 1.07 bits per heavy atom. The third kappa shape index (κ3) is 4.79. The number of imidazole rings is 1. The van der Waals surface area contributed by atoms with Crippen LogP contribution in [0.25, 0.3) is 0 Å². The van der Waals surface area contributed by atoms with Crippen LogP contribution in [0.2, 0.25) is 0 Å². The second kappa shape index (κ2) is 8.72. The van der Waals surface area contributed by atoms with Crippen LogP contribution in [0.3, 0.4) is 0 Å². The molecular weight excluding hydrogens is 354 g/mol. The molecule has 0 aliphatic carbocycles. The van der Waals surface area contributed by atoms with Gasteiger partial charge < -0.3 is 9.67 Å². The maximum Gasteiger partial charge on any atom is 0.112 e. The lowest BCUT2D eigenvalue weighted by molar-refractivity contribution is 0.294. The topological polar surface area (TPSA) is 50.9 Å². The summed E-state index contributed by atoms with van der Waals surface area (Å²) in [4.78, 5) is 10.2. The number of aromatic nitrogens is 3. The number of aryl methyl sites for hydroxylation is 2. The molecule has 142 valence electrons. The summed E-state index contributed by atoms with van der Waals surface area (Å²) in [6.07, 6.45) is 4.19. The van der Waals surface area contributed by atoms with Crippen LogP contribution in [0.5, 0.6) is 0 Å². The van der Waals surface area contributed by atoms with Crippen molar-refractivity contribution in [1.29, 1.82) is 0 Å². The molecule has 0 radical (unpaired) electrons. The standard InChI is InChI=1S/C22H27N3OS/c1-15(2)21-22(27-19-12-16(3)11-17(4)13-19)25(20(24-21)7-10-26)14-18-5-8-23-9-6-18/h5-6,8-9,11-13,15,26H,7,10,14H2,1-4H3. The SMILES string of the molecule is Cc1cc(C)cc(Sc2c(C(C)C)nc(CCO)n2Cc2ccncc2)c1. The van der Waals surface area contributed by atoms with Gasteiger partial charge in [0.15, 0.2) is 0 Å². The number of hydrogen-bond acceptors (Lipinski definition) is 4. The van der Waals surface area contributed by atoms with Crippen LogP contribution >= 0.6 is 11.8 Å². The van der Waals surface area contributed by atoms with Gasteiger partial charge in [0.05, 0.1) is 12.3 Å². The molecule has 0 atom stereocenters. The van der Waals surface area contributed by atoms with Gasteiger partial charge in [-0.15, -0.1) is 0 Å². The maximum absolute atomic E-state index is 9.54. The van der Waals surface area contributed by atoms with E-state index in [0.717, 1.165) is 23.1 Å². The molecule has 0 spiro atoms. The summed E-state index contributed by atoms with van der Waals surface area (Å²) in [7, 11) is 0. The van der Waals surface area contributed by atoms with Gasteiger partial charge in [-0.3, -0.25) is 4.98 Å². The Kier molecular flexibility index (Phi) is 6.34. The normalized spacial score (nSPS) is 11.3. The van der Waals surface area contributed by atoms with Gasteiger partial charge in [0.1, 0.15) is 10.9 Å². The Balaban J connectivity index is 2.08. The highest BCUT2D eigenvalue weighted by molar-refractivity contribution is 7.99. The van der Waals surface area contributed by atoms with E-state index in [9.17, 15) is 5.11 Å². The van der Waals surface area contributed by atoms with Gasteiger partial charge in [0, 0.05) is 30.3 Å². The number of nitrogens with zero attached hydrogens (tertiary/aromatic N) is 3. The van der Waals surface area contributed by atoms with Crippen LogP contribution in [0, 0.1) is 13.8 Å². The van der Waals surface area contributed by atoms with Crippen LogP contribution in [-0.2, 0) is 13.0 Å². The minimum atomic E-state index is 0.0958. The predicted molar refractivity (Wildman–Crippen MR) is 110 cm³/mol. The lowest BCUT2D eigenvalue weighted by Crippen LogP contribution is -2.08. The van der Waals surface area contributed by atoms with Crippen molar-refractivity contribution in [2.24, 2.45) is 0 Å². The molecule has 0 saturated heterocycles. The Bertz CT molecular complexity index is 883. The Morgan fingerprint density at radius 3 is 2.33 bits per heavy atom. The van der Waals surface area contributed by atoms with E-state index >= 15 is 0 Å². The van der Waals surface area contributed by atoms with E-state index in [-0.39, 0.29) is 6.61 Å². The van der Waals surface area contributed by atoms with Gasteiger partial charge in [-0.05, 0) is 60.7 Å². The zero-order valence-corrected chi connectivity index (χ0v) is 17.3. The summed E-state index contributed by atoms with van der Waals surface area (Å²) in [5, 5.41) is 10.7. The fraction of sp³-hybridized carbons (Fsp3) is 0.364. The summed E-state index contributed by atoms with van der Waals surface area (Å²) >= 11 is 1.77. The van der Waals surface area contributed by atoms with Crippen molar-refractivity contribution in [3.63, 3.8) is 0 Å². The summed E-state index contributed by atoms with van der Waals surface area (Å²) in [6.45, 7) is 9.43. The van der Waals surface area contributed by atoms with Crippen molar-refractivity contribution < 1.29 is 5.11 Å². The van der Waals surface area contributed by atoms with E-state index in [4.69, 9.17) is 4.98 Å². The fourth-order valence-electron chi connectivity index (χ4n) is 3.21. The zero-order valence-electron chi connectivity index (χ0n) is 16.4. The van der Waals surface area contributed by atoms with Crippen molar-refractivity contribution in [3.05, 3.63) is 70.9 Å². The van der Waals surface area contributed by atoms with E-state index in [2.05, 4.69) is 55.4 Å².